The van der Waals surface area contributed by atoms with Crippen molar-refractivity contribution in [3.05, 3.63) is 27.6 Å². The zero-order chi connectivity index (χ0) is 14.1. The molecule has 3 aromatic heterocycles. The van der Waals surface area contributed by atoms with E-state index in [1.165, 1.54) is 26.9 Å². The molecule has 8 nitrogen and oxygen atoms in total. The minimum atomic E-state index is -0.193. The van der Waals surface area contributed by atoms with Gasteiger partial charge in [0.2, 0.25) is 0 Å². The number of hydrogen-bond donors (Lipinski definition) is 1. The van der Waals surface area contributed by atoms with E-state index >= 15 is 0 Å². The van der Waals surface area contributed by atoms with Crippen molar-refractivity contribution in [2.24, 2.45) is 7.05 Å². The Morgan fingerprint density at radius 2 is 2.25 bits per heavy atom. The maximum absolute atomic E-state index is 12.3. The first kappa shape index (κ1) is 12.7. The lowest BCUT2D eigenvalue weighted by atomic mass is 10.4. The first-order chi connectivity index (χ1) is 9.69. The van der Waals surface area contributed by atoms with Crippen LogP contribution in [0.2, 0.25) is 0 Å². The lowest BCUT2D eigenvalue weighted by Gasteiger charge is -2.00. The molecule has 3 aromatic rings. The van der Waals surface area contributed by atoms with Gasteiger partial charge in [-0.3, -0.25) is 4.79 Å². The molecule has 0 radical (unpaired) electrons. The molecular formula is C11H13N7OS. The molecule has 20 heavy (non-hydrogen) atoms. The smallest absolute Gasteiger partial charge is 0.281 e. The van der Waals surface area contributed by atoms with Crippen LogP contribution in [0.15, 0.2) is 17.2 Å². The Hall–Kier alpha value is -2.29. The van der Waals surface area contributed by atoms with E-state index in [1.807, 2.05) is 6.92 Å². The van der Waals surface area contributed by atoms with Gasteiger partial charge < -0.3 is 5.32 Å². The Morgan fingerprint density at radius 3 is 3.05 bits per heavy atom. The van der Waals surface area contributed by atoms with Gasteiger partial charge in [-0.15, -0.1) is 16.4 Å². The van der Waals surface area contributed by atoms with Crippen LogP contribution >= 0.6 is 11.3 Å². The first-order valence-electron chi connectivity index (χ1n) is 6.13. The highest BCUT2D eigenvalue weighted by atomic mass is 32.1. The molecule has 1 N–H and O–H groups in total. The van der Waals surface area contributed by atoms with Gasteiger partial charge in [0.05, 0.1) is 12.7 Å². The molecule has 0 aliphatic heterocycles. The maximum atomic E-state index is 12.3. The molecule has 0 aliphatic carbocycles. The second-order valence-corrected chi connectivity index (χ2v) is 5.33. The lowest BCUT2D eigenvalue weighted by molar-refractivity contribution is 0.599. The molecule has 3 rings (SSSR count). The third kappa shape index (κ3) is 2.16. The summed E-state index contributed by atoms with van der Waals surface area (Å²) in [6, 6.07) is 0. The maximum Gasteiger partial charge on any atom is 0.281 e. The summed E-state index contributed by atoms with van der Waals surface area (Å²) in [6.07, 6.45) is 3.25. The lowest BCUT2D eigenvalue weighted by Crippen LogP contribution is -2.24. The highest BCUT2D eigenvalue weighted by Gasteiger charge is 2.11. The third-order valence-electron chi connectivity index (χ3n) is 2.81. The van der Waals surface area contributed by atoms with E-state index in [9.17, 15) is 4.79 Å². The number of anilines is 1. The Balaban J connectivity index is 1.94. The van der Waals surface area contributed by atoms with Crippen molar-refractivity contribution in [1.82, 2.24) is 29.8 Å². The largest absolute Gasteiger partial charge is 0.362 e. The van der Waals surface area contributed by atoms with E-state index in [0.29, 0.717) is 17.6 Å². The van der Waals surface area contributed by atoms with Crippen molar-refractivity contribution >= 4 is 27.5 Å². The number of nitrogens with zero attached hydrogens (tertiary/aromatic N) is 6. The zero-order valence-electron chi connectivity index (χ0n) is 11.1. The average molecular weight is 291 g/mol. The molecule has 0 spiro atoms. The van der Waals surface area contributed by atoms with Gasteiger partial charge in [0.15, 0.2) is 10.8 Å². The molecule has 0 aliphatic rings. The van der Waals surface area contributed by atoms with E-state index in [0.717, 1.165) is 16.6 Å². The Morgan fingerprint density at radius 1 is 1.40 bits per heavy atom. The summed E-state index contributed by atoms with van der Waals surface area (Å²) in [4.78, 5) is 17.4. The fourth-order valence-corrected chi connectivity index (χ4v) is 2.70. The van der Waals surface area contributed by atoms with Crippen LogP contribution in [0.4, 0.5) is 5.13 Å². The topological polar surface area (TPSA) is 90.5 Å². The molecule has 0 saturated carbocycles. The number of aromatic nitrogens is 6. The molecule has 9 heteroatoms. The van der Waals surface area contributed by atoms with Crippen LogP contribution in [-0.4, -0.2) is 36.3 Å². The molecule has 0 bridgehead atoms. The third-order valence-corrected chi connectivity index (χ3v) is 3.75. The average Bonchev–Trinajstić information content (AvgIpc) is 3.02. The Kier molecular flexibility index (Phi) is 3.18. The van der Waals surface area contributed by atoms with Crippen LogP contribution < -0.4 is 10.9 Å². The van der Waals surface area contributed by atoms with E-state index in [4.69, 9.17) is 0 Å². The molecule has 3 heterocycles. The minimum Gasteiger partial charge on any atom is -0.362 e. The van der Waals surface area contributed by atoms with Crippen LogP contribution in [-0.2, 0) is 13.6 Å². The number of thiazole rings is 1. The Labute approximate surface area is 118 Å². The quantitative estimate of drug-likeness (QED) is 0.751. The van der Waals surface area contributed by atoms with E-state index < -0.39 is 0 Å². The van der Waals surface area contributed by atoms with Crippen molar-refractivity contribution in [3.63, 3.8) is 0 Å². The number of hydrogen-bond acceptors (Lipinski definition) is 7. The number of fused-ring (bicyclic) bond motifs is 1. The van der Waals surface area contributed by atoms with Crippen LogP contribution in [0.1, 0.15) is 11.8 Å². The summed E-state index contributed by atoms with van der Waals surface area (Å²) in [5.41, 5.74) is 0.297. The van der Waals surface area contributed by atoms with Crippen molar-refractivity contribution in [2.75, 3.05) is 11.9 Å². The van der Waals surface area contributed by atoms with Gasteiger partial charge in [0.25, 0.3) is 5.56 Å². The molecule has 0 saturated heterocycles. The summed E-state index contributed by atoms with van der Waals surface area (Å²) in [7, 11) is 1.73. The van der Waals surface area contributed by atoms with Crippen molar-refractivity contribution in [1.29, 1.82) is 0 Å². The van der Waals surface area contributed by atoms with Gasteiger partial charge in [-0.2, -0.15) is 5.10 Å². The molecule has 0 amide bonds. The van der Waals surface area contributed by atoms with Gasteiger partial charge in [-0.05, 0) is 6.92 Å². The van der Waals surface area contributed by atoms with Crippen molar-refractivity contribution in [3.8, 4) is 0 Å². The normalized spacial score (nSPS) is 11.1. The van der Waals surface area contributed by atoms with Gasteiger partial charge in [0.1, 0.15) is 5.39 Å². The fourth-order valence-electron chi connectivity index (χ4n) is 1.84. The predicted molar refractivity (Wildman–Crippen MR) is 75.9 cm³/mol. The van der Waals surface area contributed by atoms with Gasteiger partial charge in [-0.25, -0.2) is 14.3 Å². The molecule has 0 fully saturated rings. The molecule has 0 atom stereocenters. The van der Waals surface area contributed by atoms with Crippen LogP contribution in [0, 0.1) is 0 Å². The van der Waals surface area contributed by atoms with Gasteiger partial charge in [-0.1, -0.05) is 5.21 Å². The fraction of sp³-hybridized carbons (Fsp3) is 0.364. The van der Waals surface area contributed by atoms with Crippen molar-refractivity contribution in [2.45, 2.75) is 13.5 Å². The Bertz CT molecular complexity index is 803. The van der Waals surface area contributed by atoms with Crippen LogP contribution in [0.25, 0.3) is 11.0 Å². The second-order valence-electron chi connectivity index (χ2n) is 4.22. The second kappa shape index (κ2) is 5.00. The summed E-state index contributed by atoms with van der Waals surface area (Å²) in [6.45, 7) is 3.18. The summed E-state index contributed by atoms with van der Waals surface area (Å²) < 4.78 is 2.86. The highest BCUT2D eigenvalue weighted by Crippen LogP contribution is 2.18. The molecular weight excluding hydrogens is 278 g/mol. The van der Waals surface area contributed by atoms with Gasteiger partial charge >= 0.3 is 0 Å². The van der Waals surface area contributed by atoms with Crippen LogP contribution in [0.3, 0.4) is 0 Å². The van der Waals surface area contributed by atoms with Gasteiger partial charge in [0, 0.05) is 24.7 Å². The number of rotatable bonds is 4. The molecule has 104 valence electrons. The predicted octanol–water partition coefficient (Wildman–Crippen LogP) is 0.462. The SMILES string of the molecule is CCNc1ncc(Cn2nnc3c(cnn3C)c2=O)s1. The summed E-state index contributed by atoms with van der Waals surface area (Å²) in [5.74, 6) is 0. The van der Waals surface area contributed by atoms with Crippen LogP contribution in [0.5, 0.6) is 0 Å². The standard InChI is InChI=1S/C11H13N7OS/c1-3-12-11-13-4-7(20-11)6-18-10(19)8-5-14-17(2)9(8)15-16-18/h4-5H,3,6H2,1-2H3,(H,12,13). The summed E-state index contributed by atoms with van der Waals surface area (Å²) >= 11 is 1.50. The summed E-state index contributed by atoms with van der Waals surface area (Å²) in [5, 5.41) is 16.4. The highest BCUT2D eigenvalue weighted by molar-refractivity contribution is 7.15. The molecule has 0 unspecified atom stereocenters. The van der Waals surface area contributed by atoms with E-state index in [2.05, 4.69) is 25.7 Å². The minimum absolute atomic E-state index is 0.193. The monoisotopic (exact) mass is 291 g/mol. The molecule has 0 aromatic carbocycles. The number of nitrogens with one attached hydrogen (secondary N) is 1. The zero-order valence-corrected chi connectivity index (χ0v) is 11.9. The van der Waals surface area contributed by atoms with Crippen molar-refractivity contribution < 1.29 is 0 Å². The number of aryl methyl sites for hydroxylation is 1. The van der Waals surface area contributed by atoms with E-state index in [1.54, 1.807) is 13.2 Å². The first-order valence-corrected chi connectivity index (χ1v) is 6.94. The van der Waals surface area contributed by atoms with E-state index in [-0.39, 0.29) is 5.56 Å².